The van der Waals surface area contributed by atoms with Gasteiger partial charge >= 0.3 is 5.97 Å². The number of rotatable bonds is 7. The average Bonchev–Trinajstić information content (AvgIpc) is 2.67. The van der Waals surface area contributed by atoms with Crippen molar-refractivity contribution in [3.63, 3.8) is 0 Å². The molecule has 2 atom stereocenters. The van der Waals surface area contributed by atoms with Gasteiger partial charge in [-0.15, -0.1) is 0 Å². The number of non-ortho nitro benzene ring substituents is 1. The van der Waals surface area contributed by atoms with E-state index in [4.69, 9.17) is 16.3 Å². The number of ether oxygens (including phenoxy) is 1. The summed E-state index contributed by atoms with van der Waals surface area (Å²) in [5.74, 6) is -1.17. The van der Waals surface area contributed by atoms with Crippen LogP contribution >= 0.6 is 11.6 Å². The fourth-order valence-corrected chi connectivity index (χ4v) is 2.75. The number of para-hydroxylation sites is 1. The third-order valence-corrected chi connectivity index (χ3v) is 4.73. The SMILES string of the molecule is CC[C@@H](C)c1ccccc1NC(=O)[C@@H](C)OC(=O)c1cc([N+](=O)[O-])ccc1Cl. The highest BCUT2D eigenvalue weighted by molar-refractivity contribution is 6.33. The van der Waals surface area contributed by atoms with E-state index in [1.165, 1.54) is 19.1 Å². The number of benzene rings is 2. The minimum Gasteiger partial charge on any atom is -0.449 e. The third kappa shape index (κ3) is 5.07. The summed E-state index contributed by atoms with van der Waals surface area (Å²) in [6.07, 6.45) is -0.212. The van der Waals surface area contributed by atoms with Crippen molar-refractivity contribution in [2.45, 2.75) is 39.2 Å². The maximum atomic E-state index is 12.5. The van der Waals surface area contributed by atoms with Crippen molar-refractivity contribution >= 4 is 34.9 Å². The molecule has 1 N–H and O–H groups in total. The molecule has 0 aliphatic carbocycles. The number of nitrogens with one attached hydrogen (secondary N) is 1. The second-order valence-electron chi connectivity index (χ2n) is 6.35. The zero-order chi connectivity index (χ0) is 20.8. The van der Waals surface area contributed by atoms with Gasteiger partial charge in [0, 0.05) is 17.8 Å². The Morgan fingerprint density at radius 2 is 1.89 bits per heavy atom. The van der Waals surface area contributed by atoms with E-state index in [0.717, 1.165) is 18.1 Å². The van der Waals surface area contributed by atoms with Crippen LogP contribution in [0.4, 0.5) is 11.4 Å². The molecule has 0 aromatic heterocycles. The first-order valence-electron chi connectivity index (χ1n) is 8.79. The average molecular weight is 405 g/mol. The highest BCUT2D eigenvalue weighted by Gasteiger charge is 2.23. The minimum absolute atomic E-state index is 0.00493. The number of carbonyl (C=O) groups excluding carboxylic acids is 2. The molecule has 0 bridgehead atoms. The maximum absolute atomic E-state index is 12.5. The van der Waals surface area contributed by atoms with Gasteiger partial charge in [-0.3, -0.25) is 14.9 Å². The van der Waals surface area contributed by atoms with Gasteiger partial charge in [0.1, 0.15) is 0 Å². The van der Waals surface area contributed by atoms with Gasteiger partial charge in [-0.25, -0.2) is 4.79 Å². The summed E-state index contributed by atoms with van der Waals surface area (Å²) in [5, 5.41) is 13.7. The second-order valence-corrected chi connectivity index (χ2v) is 6.76. The molecular formula is C20H21ClN2O5. The number of nitro benzene ring substituents is 1. The van der Waals surface area contributed by atoms with Crippen molar-refractivity contribution in [3.8, 4) is 0 Å². The quantitative estimate of drug-likeness (QED) is 0.400. The van der Waals surface area contributed by atoms with E-state index in [9.17, 15) is 19.7 Å². The smallest absolute Gasteiger partial charge is 0.340 e. The lowest BCUT2D eigenvalue weighted by Crippen LogP contribution is -2.30. The largest absolute Gasteiger partial charge is 0.449 e. The number of amides is 1. The number of nitrogens with zero attached hydrogens (tertiary/aromatic N) is 1. The maximum Gasteiger partial charge on any atom is 0.340 e. The molecule has 1 amide bonds. The van der Waals surface area contributed by atoms with E-state index in [1.807, 2.05) is 12.1 Å². The van der Waals surface area contributed by atoms with Crippen LogP contribution in [0.15, 0.2) is 42.5 Å². The normalized spacial score (nSPS) is 12.7. The van der Waals surface area contributed by atoms with Crippen LogP contribution in [0.1, 0.15) is 49.0 Å². The summed E-state index contributed by atoms with van der Waals surface area (Å²) in [6.45, 7) is 5.53. The van der Waals surface area contributed by atoms with Crippen molar-refractivity contribution in [1.29, 1.82) is 0 Å². The van der Waals surface area contributed by atoms with Crippen LogP contribution in [0.2, 0.25) is 5.02 Å². The van der Waals surface area contributed by atoms with Gasteiger partial charge in [0.25, 0.3) is 11.6 Å². The van der Waals surface area contributed by atoms with Crippen LogP contribution in [-0.2, 0) is 9.53 Å². The Morgan fingerprint density at radius 1 is 1.21 bits per heavy atom. The number of halogens is 1. The van der Waals surface area contributed by atoms with Crippen LogP contribution in [0, 0.1) is 10.1 Å². The number of hydrogen-bond acceptors (Lipinski definition) is 5. The predicted molar refractivity (Wildman–Crippen MR) is 107 cm³/mol. The van der Waals surface area contributed by atoms with Gasteiger partial charge in [0.15, 0.2) is 6.10 Å². The van der Waals surface area contributed by atoms with Crippen molar-refractivity contribution in [2.75, 3.05) is 5.32 Å². The van der Waals surface area contributed by atoms with Gasteiger partial charge in [0.05, 0.1) is 15.5 Å². The molecule has 2 rings (SSSR count). The standard InChI is InChI=1S/C20H21ClN2O5/c1-4-12(2)15-7-5-6-8-18(15)22-19(24)13(3)28-20(25)16-11-14(23(26)27)9-10-17(16)21/h5-13H,4H2,1-3H3,(H,22,24)/t12-,13-/m1/s1. The van der Waals surface area contributed by atoms with Gasteiger partial charge in [-0.1, -0.05) is 43.6 Å². The lowest BCUT2D eigenvalue weighted by Gasteiger charge is -2.18. The Labute approximate surface area is 167 Å². The summed E-state index contributed by atoms with van der Waals surface area (Å²) in [7, 11) is 0. The van der Waals surface area contributed by atoms with Crippen molar-refractivity contribution in [2.24, 2.45) is 0 Å². The molecular weight excluding hydrogens is 384 g/mol. The first kappa shape index (κ1) is 21.4. The monoisotopic (exact) mass is 404 g/mol. The number of hydrogen-bond donors (Lipinski definition) is 1. The van der Waals surface area contributed by atoms with Gasteiger partial charge in [-0.2, -0.15) is 0 Å². The fraction of sp³-hybridized carbons (Fsp3) is 0.300. The number of carbonyl (C=O) groups is 2. The molecule has 2 aromatic rings. The molecule has 0 spiro atoms. The Balaban J connectivity index is 2.12. The molecule has 0 radical (unpaired) electrons. The van der Waals surface area contributed by atoms with E-state index in [1.54, 1.807) is 12.1 Å². The molecule has 8 heteroatoms. The van der Waals surface area contributed by atoms with Gasteiger partial charge < -0.3 is 10.1 Å². The zero-order valence-electron chi connectivity index (χ0n) is 15.8. The van der Waals surface area contributed by atoms with Crippen LogP contribution in [0.3, 0.4) is 0 Å². The number of esters is 1. The molecule has 28 heavy (non-hydrogen) atoms. The Kier molecular flexibility index (Phi) is 7.12. The number of nitro groups is 1. The van der Waals surface area contributed by atoms with Crippen LogP contribution < -0.4 is 5.32 Å². The van der Waals surface area contributed by atoms with Crippen molar-refractivity contribution in [3.05, 3.63) is 68.7 Å². The van der Waals surface area contributed by atoms with E-state index >= 15 is 0 Å². The summed E-state index contributed by atoms with van der Waals surface area (Å²) in [4.78, 5) is 35.0. The Morgan fingerprint density at radius 3 is 2.54 bits per heavy atom. The molecule has 0 aliphatic heterocycles. The van der Waals surface area contributed by atoms with E-state index in [2.05, 4.69) is 19.2 Å². The zero-order valence-corrected chi connectivity index (χ0v) is 16.5. The molecule has 148 valence electrons. The molecule has 0 fully saturated rings. The molecule has 0 unspecified atom stereocenters. The summed E-state index contributed by atoms with van der Waals surface area (Å²) in [6, 6.07) is 10.9. The van der Waals surface area contributed by atoms with Crippen LogP contribution in [0.25, 0.3) is 0 Å². The Hall–Kier alpha value is -2.93. The van der Waals surface area contributed by atoms with Gasteiger partial charge in [-0.05, 0) is 37.0 Å². The second kappa shape index (κ2) is 9.32. The summed E-state index contributed by atoms with van der Waals surface area (Å²) in [5.41, 5.74) is 1.17. The minimum atomic E-state index is -1.12. The third-order valence-electron chi connectivity index (χ3n) is 4.40. The molecule has 0 heterocycles. The van der Waals surface area contributed by atoms with E-state index < -0.39 is 22.9 Å². The van der Waals surface area contributed by atoms with Crippen molar-refractivity contribution in [1.82, 2.24) is 0 Å². The first-order valence-corrected chi connectivity index (χ1v) is 9.17. The number of anilines is 1. The van der Waals surface area contributed by atoms with E-state index in [-0.39, 0.29) is 22.2 Å². The fourth-order valence-electron chi connectivity index (χ4n) is 2.56. The summed E-state index contributed by atoms with van der Waals surface area (Å²) >= 11 is 5.94. The lowest BCUT2D eigenvalue weighted by atomic mass is 9.97. The first-order chi connectivity index (χ1) is 13.2. The highest BCUT2D eigenvalue weighted by atomic mass is 35.5. The molecule has 0 saturated carbocycles. The van der Waals surface area contributed by atoms with Crippen LogP contribution in [0.5, 0.6) is 0 Å². The summed E-state index contributed by atoms with van der Waals surface area (Å²) < 4.78 is 5.15. The topological polar surface area (TPSA) is 98.5 Å². The van der Waals surface area contributed by atoms with Crippen molar-refractivity contribution < 1.29 is 19.2 Å². The highest BCUT2D eigenvalue weighted by Crippen LogP contribution is 2.27. The molecule has 0 aliphatic rings. The predicted octanol–water partition coefficient (Wildman–Crippen LogP) is 4.95. The molecule has 2 aromatic carbocycles. The lowest BCUT2D eigenvalue weighted by molar-refractivity contribution is -0.384. The van der Waals surface area contributed by atoms with Crippen LogP contribution in [-0.4, -0.2) is 22.9 Å². The molecule has 7 nitrogen and oxygen atoms in total. The Bertz CT molecular complexity index is 900. The van der Waals surface area contributed by atoms with Gasteiger partial charge in [0.2, 0.25) is 0 Å². The molecule has 0 saturated heterocycles. The van der Waals surface area contributed by atoms with E-state index in [0.29, 0.717) is 5.69 Å².